The highest BCUT2D eigenvalue weighted by molar-refractivity contribution is 7.89. The maximum Gasteiger partial charge on any atom is 0.452 e. The second-order valence-electron chi connectivity index (χ2n) is 11.2. The van der Waals surface area contributed by atoms with E-state index in [1.165, 1.54) is 23.4 Å². The summed E-state index contributed by atoms with van der Waals surface area (Å²) in [6, 6.07) is 6.90. The van der Waals surface area contributed by atoms with E-state index in [1.807, 2.05) is 4.90 Å². The van der Waals surface area contributed by atoms with Crippen LogP contribution in [0.3, 0.4) is 0 Å². The number of halogens is 5. The lowest BCUT2D eigenvalue weighted by atomic mass is 9.86. The number of benzene rings is 1. The first-order chi connectivity index (χ1) is 21.3. The number of sulfonamides is 1. The fourth-order valence-corrected chi connectivity index (χ4v) is 8.08. The van der Waals surface area contributed by atoms with Crippen LogP contribution < -0.4 is 4.90 Å². The summed E-state index contributed by atoms with van der Waals surface area (Å²) in [5.41, 5.74) is 1.48. The Morgan fingerprint density at radius 2 is 1.96 bits per heavy atom. The van der Waals surface area contributed by atoms with Crippen molar-refractivity contribution in [3.8, 4) is 0 Å². The van der Waals surface area contributed by atoms with Gasteiger partial charge < -0.3 is 10.0 Å². The van der Waals surface area contributed by atoms with Crippen LogP contribution in [0.15, 0.2) is 47.6 Å². The van der Waals surface area contributed by atoms with Gasteiger partial charge in [-0.25, -0.2) is 17.8 Å². The van der Waals surface area contributed by atoms with Gasteiger partial charge in [0.15, 0.2) is 5.65 Å². The molecule has 2 aliphatic heterocycles. The van der Waals surface area contributed by atoms with Crippen LogP contribution >= 0.6 is 11.6 Å². The van der Waals surface area contributed by atoms with Crippen molar-refractivity contribution in [1.82, 2.24) is 23.9 Å². The van der Waals surface area contributed by atoms with Gasteiger partial charge in [-0.15, -0.1) is 10.2 Å². The first-order valence-corrected chi connectivity index (χ1v) is 15.9. The van der Waals surface area contributed by atoms with Gasteiger partial charge in [0, 0.05) is 42.8 Å². The minimum atomic E-state index is -4.75. The van der Waals surface area contributed by atoms with Crippen molar-refractivity contribution in [2.45, 2.75) is 62.2 Å². The highest BCUT2D eigenvalue weighted by Crippen LogP contribution is 2.39. The Morgan fingerprint density at radius 1 is 1.18 bits per heavy atom. The Bertz CT molecular complexity index is 1920. The Kier molecular flexibility index (Phi) is 7.98. The van der Waals surface area contributed by atoms with Gasteiger partial charge in [0.25, 0.3) is 0 Å². The summed E-state index contributed by atoms with van der Waals surface area (Å²) in [4.78, 5) is 17.8. The maximum absolute atomic E-state index is 14.3. The molecule has 0 amide bonds. The molecule has 4 aromatic rings. The van der Waals surface area contributed by atoms with Crippen LogP contribution in [0.5, 0.6) is 0 Å². The molecule has 1 aromatic carbocycles. The third-order valence-corrected chi connectivity index (χ3v) is 10.6. The molecule has 0 bridgehead atoms. The number of alkyl halides is 3. The van der Waals surface area contributed by atoms with Gasteiger partial charge in [0.05, 0.1) is 12.6 Å². The quantitative estimate of drug-likeness (QED) is 0.271. The number of carboxylic acid groups (broad SMARTS) is 1. The summed E-state index contributed by atoms with van der Waals surface area (Å²) in [7, 11) is -4.23. The lowest BCUT2D eigenvalue weighted by Gasteiger charge is -2.36. The molecule has 0 radical (unpaired) electrons. The molecule has 6 rings (SSSR count). The Labute approximate surface area is 260 Å². The molecule has 10 nitrogen and oxygen atoms in total. The number of pyridine rings is 2. The molecule has 1 N–H and O–H groups in total. The molecule has 238 valence electrons. The molecule has 45 heavy (non-hydrogen) atoms. The minimum Gasteiger partial charge on any atom is -0.481 e. The van der Waals surface area contributed by atoms with Gasteiger partial charge in [-0.3, -0.25) is 9.20 Å². The average Bonchev–Trinajstić information content (AvgIpc) is 3.40. The maximum atomic E-state index is 14.3. The Morgan fingerprint density at radius 3 is 2.69 bits per heavy atom. The molecule has 16 heteroatoms. The van der Waals surface area contributed by atoms with E-state index in [-0.39, 0.29) is 40.5 Å². The number of fused-ring (bicyclic) bond motifs is 4. The van der Waals surface area contributed by atoms with E-state index in [0.29, 0.717) is 35.2 Å². The number of aryl methyl sites for hydroxylation is 1. The monoisotopic (exact) mass is 666 g/mol. The molecule has 2 aliphatic rings. The fraction of sp³-hybridized carbons (Fsp3) is 0.379. The molecule has 1 fully saturated rings. The predicted octanol–water partition coefficient (Wildman–Crippen LogP) is 5.41. The van der Waals surface area contributed by atoms with E-state index >= 15 is 0 Å². The second-order valence-corrected chi connectivity index (χ2v) is 13.5. The van der Waals surface area contributed by atoms with Gasteiger partial charge in [0.1, 0.15) is 16.5 Å². The second kappa shape index (κ2) is 11.5. The lowest BCUT2D eigenvalue weighted by Crippen LogP contribution is -2.45. The zero-order chi connectivity index (χ0) is 32.3. The van der Waals surface area contributed by atoms with Gasteiger partial charge in [-0.2, -0.15) is 17.5 Å². The average molecular weight is 667 g/mol. The zero-order valence-electron chi connectivity index (χ0n) is 23.8. The standard InChI is InChI=1S/C29H27ClF4N6O4S/c1-16-21(7-9-40-26(16)36-37-28(40)29(32,33)34)22(12-25(41)42)17-5-6-23(30)18(10-17)14-38-15-20-4-2-3-8-39(20)27-24(45(38,43)44)11-19(31)13-35-27/h5-7,9-11,13,20,22H,2-4,8,12,14-15H2,1H3,(H,41,42)/t20-,22?/m0/s1. The van der Waals surface area contributed by atoms with Crippen molar-refractivity contribution < 1.29 is 35.9 Å². The Hall–Kier alpha value is -3.82. The number of carboxylic acids is 1. The van der Waals surface area contributed by atoms with Crippen LogP contribution in [0.2, 0.25) is 5.02 Å². The van der Waals surface area contributed by atoms with Gasteiger partial charge in [0.2, 0.25) is 15.8 Å². The first-order valence-electron chi connectivity index (χ1n) is 14.1. The lowest BCUT2D eigenvalue weighted by molar-refractivity contribution is -0.145. The molecule has 0 saturated carbocycles. The van der Waals surface area contributed by atoms with Crippen LogP contribution in [0.1, 0.15) is 59.7 Å². The molecule has 5 heterocycles. The van der Waals surface area contributed by atoms with Crippen molar-refractivity contribution in [2.75, 3.05) is 18.0 Å². The summed E-state index contributed by atoms with van der Waals surface area (Å²) < 4.78 is 84.6. The number of aliphatic carboxylic acids is 1. The van der Waals surface area contributed by atoms with Crippen LogP contribution in [0.4, 0.5) is 23.4 Å². The van der Waals surface area contributed by atoms with Gasteiger partial charge >= 0.3 is 12.1 Å². The van der Waals surface area contributed by atoms with E-state index in [4.69, 9.17) is 11.6 Å². The topological polar surface area (TPSA) is 121 Å². The molecule has 3 aromatic heterocycles. The predicted molar refractivity (Wildman–Crippen MR) is 155 cm³/mol. The smallest absolute Gasteiger partial charge is 0.452 e. The van der Waals surface area contributed by atoms with E-state index in [0.717, 1.165) is 35.7 Å². The van der Waals surface area contributed by atoms with Crippen LogP contribution in [-0.4, -0.2) is 62.5 Å². The fourth-order valence-electron chi connectivity index (χ4n) is 6.28. The number of hydrogen-bond donors (Lipinski definition) is 1. The van der Waals surface area contributed by atoms with E-state index in [9.17, 15) is 35.9 Å². The highest BCUT2D eigenvalue weighted by atomic mass is 35.5. The van der Waals surface area contributed by atoms with Crippen molar-refractivity contribution in [1.29, 1.82) is 0 Å². The third kappa shape index (κ3) is 5.72. The van der Waals surface area contributed by atoms with E-state index in [1.54, 1.807) is 12.1 Å². The number of carbonyl (C=O) groups is 1. The van der Waals surface area contributed by atoms with Crippen molar-refractivity contribution in [2.24, 2.45) is 0 Å². The molecule has 1 unspecified atom stereocenters. The summed E-state index contributed by atoms with van der Waals surface area (Å²) in [6.45, 7) is 2.03. The number of nitrogens with zero attached hydrogens (tertiary/aromatic N) is 6. The number of piperidine rings is 1. The number of rotatable bonds is 6. The Balaban J connectivity index is 1.41. The van der Waals surface area contributed by atoms with Crippen molar-refractivity contribution in [3.63, 3.8) is 0 Å². The largest absolute Gasteiger partial charge is 0.481 e. The third-order valence-electron chi connectivity index (χ3n) is 8.42. The molecule has 0 aliphatic carbocycles. The number of anilines is 1. The molecule has 1 saturated heterocycles. The first kappa shape index (κ1) is 31.2. The summed E-state index contributed by atoms with van der Waals surface area (Å²) >= 11 is 6.57. The molecular formula is C29H27ClF4N6O4S. The summed E-state index contributed by atoms with van der Waals surface area (Å²) in [6.07, 6.45) is -0.582. The van der Waals surface area contributed by atoms with Crippen LogP contribution in [0, 0.1) is 12.7 Å². The highest BCUT2D eigenvalue weighted by Gasteiger charge is 2.40. The van der Waals surface area contributed by atoms with Gasteiger partial charge in [-0.05, 0) is 66.6 Å². The minimum absolute atomic E-state index is 0.0726. The van der Waals surface area contributed by atoms with Crippen LogP contribution in [0.25, 0.3) is 5.65 Å². The molecular weight excluding hydrogens is 640 g/mol. The number of aromatic nitrogens is 4. The summed E-state index contributed by atoms with van der Waals surface area (Å²) in [5, 5.41) is 17.0. The zero-order valence-corrected chi connectivity index (χ0v) is 25.4. The van der Waals surface area contributed by atoms with Crippen molar-refractivity contribution in [3.05, 3.63) is 81.6 Å². The molecule has 2 atom stereocenters. The molecule has 0 spiro atoms. The summed E-state index contributed by atoms with van der Waals surface area (Å²) in [5.74, 6) is -3.79. The van der Waals surface area contributed by atoms with Gasteiger partial charge in [-0.1, -0.05) is 23.7 Å². The normalized spacial score (nSPS) is 19.2. The van der Waals surface area contributed by atoms with E-state index in [2.05, 4.69) is 15.2 Å². The van der Waals surface area contributed by atoms with Crippen LogP contribution in [-0.2, 0) is 27.5 Å². The van der Waals surface area contributed by atoms with E-state index < -0.39 is 46.1 Å². The number of hydrogen-bond acceptors (Lipinski definition) is 7. The SMILES string of the molecule is Cc1c(C(CC(=O)O)c2ccc(Cl)c(CN3C[C@@H]4CCCCN4c4ncc(F)cc4S3(=O)=O)c2)ccn2c(C(F)(F)F)nnc12. The van der Waals surface area contributed by atoms with Crippen molar-refractivity contribution >= 4 is 39.1 Å².